The predicted molar refractivity (Wildman–Crippen MR) is 112 cm³/mol. The molecule has 4 heteroatoms. The lowest BCUT2D eigenvalue weighted by Crippen LogP contribution is -2.41. The van der Waals surface area contributed by atoms with Gasteiger partial charge in [0.1, 0.15) is 11.6 Å². The quantitative estimate of drug-likeness (QED) is 0.530. The Hall–Kier alpha value is -2.25. The van der Waals surface area contributed by atoms with Gasteiger partial charge in [-0.3, -0.25) is 0 Å². The van der Waals surface area contributed by atoms with E-state index < -0.39 is 17.0 Å². The maximum Gasteiger partial charge on any atom is 0.130 e. The summed E-state index contributed by atoms with van der Waals surface area (Å²) in [5, 5.41) is 10.1. The van der Waals surface area contributed by atoms with Gasteiger partial charge in [0, 0.05) is 18.2 Å². The smallest absolute Gasteiger partial charge is 0.130 e. The summed E-state index contributed by atoms with van der Waals surface area (Å²) >= 11 is 0. The van der Waals surface area contributed by atoms with Crippen molar-refractivity contribution in [3.05, 3.63) is 71.3 Å². The summed E-state index contributed by atoms with van der Waals surface area (Å²) in [6.07, 6.45) is 4.90. The van der Waals surface area contributed by atoms with E-state index in [0.29, 0.717) is 6.42 Å². The van der Waals surface area contributed by atoms with Crippen LogP contribution in [0.15, 0.2) is 48.5 Å². The molecular weight excluding hydrogens is 366 g/mol. The van der Waals surface area contributed by atoms with Crippen molar-refractivity contribution in [1.82, 2.24) is 4.90 Å². The van der Waals surface area contributed by atoms with Gasteiger partial charge in [-0.05, 0) is 69.7 Å². The first-order chi connectivity index (χ1) is 14.0. The van der Waals surface area contributed by atoms with Crippen LogP contribution in [0.2, 0.25) is 0 Å². The third-order valence-corrected chi connectivity index (χ3v) is 6.72. The number of likely N-dealkylation sites (N-methyl/N-ethyl adjacent to an activating group) is 1. The number of rotatable bonds is 9. The summed E-state index contributed by atoms with van der Waals surface area (Å²) in [6, 6.07) is 16.9. The molecular formula is C25H30F2N2. The molecule has 1 aliphatic rings. The van der Waals surface area contributed by atoms with E-state index in [1.807, 2.05) is 18.2 Å². The minimum atomic E-state index is -1.08. The second-order valence-electron chi connectivity index (χ2n) is 8.41. The second-order valence-corrected chi connectivity index (χ2v) is 8.41. The standard InChI is InChI=1S/C25H30F2N2/c1-19(29(2)17-15-20-8-4-3-5-9-20)14-16-25(18-28,21-10-6-11-21)24-22(26)12-7-13-23(24)27/h3-5,7-9,12-13,19,21H,6,10-11,14-17H2,1-2H3. The van der Waals surface area contributed by atoms with Crippen molar-refractivity contribution in [2.45, 2.75) is 56.9 Å². The summed E-state index contributed by atoms with van der Waals surface area (Å²) in [7, 11) is 2.08. The molecule has 0 bridgehead atoms. The van der Waals surface area contributed by atoms with Gasteiger partial charge >= 0.3 is 0 Å². The van der Waals surface area contributed by atoms with Crippen LogP contribution in [0, 0.1) is 28.9 Å². The highest BCUT2D eigenvalue weighted by Gasteiger charge is 2.46. The van der Waals surface area contributed by atoms with Crippen molar-refractivity contribution >= 4 is 0 Å². The number of nitriles is 1. The van der Waals surface area contributed by atoms with Crippen molar-refractivity contribution < 1.29 is 8.78 Å². The third-order valence-electron chi connectivity index (χ3n) is 6.72. The third kappa shape index (κ3) is 4.67. The molecule has 2 atom stereocenters. The second kappa shape index (κ2) is 9.50. The zero-order chi connectivity index (χ0) is 20.9. The number of hydrogen-bond acceptors (Lipinski definition) is 2. The first-order valence-corrected chi connectivity index (χ1v) is 10.6. The fraction of sp³-hybridized carbons (Fsp3) is 0.480. The van der Waals surface area contributed by atoms with Gasteiger partial charge in [0.05, 0.1) is 11.5 Å². The highest BCUT2D eigenvalue weighted by molar-refractivity contribution is 5.37. The van der Waals surface area contributed by atoms with E-state index in [-0.39, 0.29) is 17.5 Å². The van der Waals surface area contributed by atoms with Gasteiger partial charge in [0.2, 0.25) is 0 Å². The molecule has 1 fully saturated rings. The Balaban J connectivity index is 1.71. The van der Waals surface area contributed by atoms with Gasteiger partial charge in [-0.2, -0.15) is 5.26 Å². The van der Waals surface area contributed by atoms with E-state index in [2.05, 4.69) is 37.1 Å². The van der Waals surface area contributed by atoms with Crippen LogP contribution in [0.5, 0.6) is 0 Å². The lowest BCUT2D eigenvalue weighted by Gasteiger charge is -2.42. The first-order valence-electron chi connectivity index (χ1n) is 10.6. The summed E-state index contributed by atoms with van der Waals surface area (Å²) in [6.45, 7) is 3.04. The van der Waals surface area contributed by atoms with Crippen molar-refractivity contribution in [1.29, 1.82) is 5.26 Å². The van der Waals surface area contributed by atoms with Crippen molar-refractivity contribution in [2.24, 2.45) is 5.92 Å². The minimum absolute atomic E-state index is 0.0219. The lowest BCUT2D eigenvalue weighted by atomic mass is 9.60. The van der Waals surface area contributed by atoms with E-state index >= 15 is 0 Å². The van der Waals surface area contributed by atoms with Crippen molar-refractivity contribution in [3.8, 4) is 6.07 Å². The first kappa shape index (κ1) is 21.5. The highest BCUT2D eigenvalue weighted by atomic mass is 19.1. The molecule has 2 nitrogen and oxygen atoms in total. The molecule has 0 N–H and O–H groups in total. The predicted octanol–water partition coefficient (Wildman–Crippen LogP) is 5.87. The van der Waals surface area contributed by atoms with Gasteiger partial charge in [-0.15, -0.1) is 0 Å². The Morgan fingerprint density at radius 1 is 1.10 bits per heavy atom. The summed E-state index contributed by atoms with van der Waals surface area (Å²) in [5.41, 5.74) is 0.189. The van der Waals surface area contributed by atoms with Crippen LogP contribution in [-0.4, -0.2) is 24.5 Å². The average Bonchev–Trinajstić information content (AvgIpc) is 2.68. The van der Waals surface area contributed by atoms with Crippen molar-refractivity contribution in [2.75, 3.05) is 13.6 Å². The lowest BCUT2D eigenvalue weighted by molar-refractivity contribution is 0.166. The molecule has 154 valence electrons. The van der Waals surface area contributed by atoms with Crippen LogP contribution in [0.4, 0.5) is 8.78 Å². The monoisotopic (exact) mass is 396 g/mol. The van der Waals surface area contributed by atoms with Gasteiger partial charge in [0.15, 0.2) is 0 Å². The molecule has 0 aliphatic heterocycles. The molecule has 0 heterocycles. The van der Waals surface area contributed by atoms with E-state index in [1.165, 1.54) is 23.8 Å². The summed E-state index contributed by atoms with van der Waals surface area (Å²) < 4.78 is 29.3. The van der Waals surface area contributed by atoms with Crippen LogP contribution in [0.3, 0.4) is 0 Å². The van der Waals surface area contributed by atoms with E-state index in [9.17, 15) is 14.0 Å². The highest BCUT2D eigenvalue weighted by Crippen LogP contribution is 2.48. The van der Waals surface area contributed by atoms with E-state index in [1.54, 1.807) is 0 Å². The largest absolute Gasteiger partial charge is 0.303 e. The Labute approximate surface area is 173 Å². The Kier molecular flexibility index (Phi) is 7.03. The molecule has 1 aliphatic carbocycles. The molecule has 1 saturated carbocycles. The maximum absolute atomic E-state index is 14.6. The van der Waals surface area contributed by atoms with E-state index in [4.69, 9.17) is 0 Å². The van der Waals surface area contributed by atoms with Crippen LogP contribution in [-0.2, 0) is 11.8 Å². The fourth-order valence-corrected chi connectivity index (χ4v) is 4.39. The molecule has 0 saturated heterocycles. The minimum Gasteiger partial charge on any atom is -0.303 e. The molecule has 0 amide bonds. The molecule has 0 spiro atoms. The summed E-state index contributed by atoms with van der Waals surface area (Å²) in [5.74, 6) is -1.16. The zero-order valence-electron chi connectivity index (χ0n) is 17.4. The zero-order valence-corrected chi connectivity index (χ0v) is 17.4. The van der Waals surface area contributed by atoms with Crippen LogP contribution >= 0.6 is 0 Å². The normalized spacial score (nSPS) is 17.4. The number of hydrogen-bond donors (Lipinski definition) is 0. The van der Waals surface area contributed by atoms with Gasteiger partial charge in [-0.1, -0.05) is 42.8 Å². The van der Waals surface area contributed by atoms with Gasteiger partial charge in [-0.25, -0.2) is 8.78 Å². The molecule has 2 aromatic carbocycles. The maximum atomic E-state index is 14.6. The molecule has 0 radical (unpaired) electrons. The topological polar surface area (TPSA) is 27.0 Å². The van der Waals surface area contributed by atoms with Crippen LogP contribution in [0.1, 0.15) is 50.2 Å². The van der Waals surface area contributed by atoms with Crippen LogP contribution in [0.25, 0.3) is 0 Å². The molecule has 0 aromatic heterocycles. The average molecular weight is 397 g/mol. The Morgan fingerprint density at radius 2 is 1.76 bits per heavy atom. The van der Waals surface area contributed by atoms with Crippen molar-refractivity contribution in [3.63, 3.8) is 0 Å². The molecule has 2 unspecified atom stereocenters. The van der Waals surface area contributed by atoms with Gasteiger partial charge in [0.25, 0.3) is 0 Å². The fourth-order valence-electron chi connectivity index (χ4n) is 4.39. The number of nitrogens with zero attached hydrogens (tertiary/aromatic N) is 2. The Morgan fingerprint density at radius 3 is 2.31 bits per heavy atom. The molecule has 3 rings (SSSR count). The summed E-state index contributed by atoms with van der Waals surface area (Å²) in [4.78, 5) is 2.27. The van der Waals surface area contributed by atoms with E-state index in [0.717, 1.165) is 38.6 Å². The van der Waals surface area contributed by atoms with Gasteiger partial charge < -0.3 is 4.90 Å². The number of benzene rings is 2. The SMILES string of the molecule is CC(CCC(C#N)(c1c(F)cccc1F)C1CCC1)N(C)CCc1ccccc1. The molecule has 2 aromatic rings. The Bertz CT molecular complexity index is 821. The number of halogens is 2. The van der Waals surface area contributed by atoms with Crippen LogP contribution < -0.4 is 0 Å². The molecule has 29 heavy (non-hydrogen) atoms.